The van der Waals surface area contributed by atoms with Crippen LogP contribution >= 0.6 is 0 Å². The van der Waals surface area contributed by atoms with Crippen molar-refractivity contribution in [3.8, 4) is 0 Å². The first kappa shape index (κ1) is 20.4. The zero-order valence-corrected chi connectivity index (χ0v) is 15.2. The molecule has 21 heavy (non-hydrogen) atoms. The van der Waals surface area contributed by atoms with Gasteiger partial charge in [0.05, 0.1) is 0 Å². The quantitative estimate of drug-likeness (QED) is 0.732. The molecule has 0 aromatic heterocycles. The molecule has 0 aromatic rings. The molecule has 0 atom stereocenters. The Labute approximate surface area is 135 Å². The number of likely N-dealkylation sites (tertiary alicyclic amines) is 1. The Hall–Kier alpha value is -0.600. The topological polar surface area (TPSA) is 15.3 Å². The molecule has 0 radical (unpaired) electrons. The van der Waals surface area contributed by atoms with E-state index in [2.05, 4.69) is 43.3 Å². The lowest BCUT2D eigenvalue weighted by atomic mass is 10.0. The molecular formula is C19H40N2. The van der Waals surface area contributed by atoms with Crippen LogP contribution in [0.4, 0.5) is 0 Å². The molecule has 0 saturated carbocycles. The van der Waals surface area contributed by atoms with E-state index in [0.29, 0.717) is 0 Å². The van der Waals surface area contributed by atoms with E-state index in [1.165, 1.54) is 57.2 Å². The average molecular weight is 297 g/mol. The Balaban J connectivity index is 0. The lowest BCUT2D eigenvalue weighted by Crippen LogP contribution is -2.24. The van der Waals surface area contributed by atoms with Crippen LogP contribution in [0.25, 0.3) is 0 Å². The number of hydrogen-bond acceptors (Lipinski definition) is 2. The van der Waals surface area contributed by atoms with Gasteiger partial charge >= 0.3 is 0 Å². The summed E-state index contributed by atoms with van der Waals surface area (Å²) >= 11 is 0. The van der Waals surface area contributed by atoms with Gasteiger partial charge < -0.3 is 10.2 Å². The Morgan fingerprint density at radius 3 is 2.33 bits per heavy atom. The zero-order chi connectivity index (χ0) is 15.9. The van der Waals surface area contributed by atoms with Gasteiger partial charge in [0.2, 0.25) is 0 Å². The summed E-state index contributed by atoms with van der Waals surface area (Å²) in [7, 11) is 2.19. The molecule has 0 aromatic carbocycles. The molecule has 1 saturated heterocycles. The third-order valence-corrected chi connectivity index (χ3v) is 3.72. The first-order chi connectivity index (χ1) is 10.2. The molecule has 1 aliphatic heterocycles. The molecule has 1 heterocycles. The van der Waals surface area contributed by atoms with E-state index in [-0.39, 0.29) is 1.43 Å². The Kier molecular flexibility index (Phi) is 13.9. The SMILES string of the molecule is CC.CCCNCC1=CC(C)=CCC1.CN1CCCCC1.[HH]. The second-order valence-corrected chi connectivity index (χ2v) is 5.83. The normalized spacial score (nSPS) is 18.5. The van der Waals surface area contributed by atoms with Crippen LogP contribution in [0, 0.1) is 0 Å². The van der Waals surface area contributed by atoms with Crippen molar-refractivity contribution in [1.29, 1.82) is 0 Å². The number of piperidine rings is 1. The van der Waals surface area contributed by atoms with Crippen LogP contribution < -0.4 is 5.32 Å². The highest BCUT2D eigenvalue weighted by atomic mass is 15.1. The van der Waals surface area contributed by atoms with Crippen LogP contribution in [0.5, 0.6) is 0 Å². The molecule has 1 N–H and O–H groups in total. The molecule has 2 nitrogen and oxygen atoms in total. The van der Waals surface area contributed by atoms with Crippen molar-refractivity contribution < 1.29 is 1.43 Å². The fourth-order valence-electron chi connectivity index (χ4n) is 2.56. The molecule has 0 spiro atoms. The zero-order valence-electron chi connectivity index (χ0n) is 15.2. The minimum Gasteiger partial charge on any atom is -0.313 e. The van der Waals surface area contributed by atoms with E-state index >= 15 is 0 Å². The Morgan fingerprint density at radius 1 is 1.19 bits per heavy atom. The fourth-order valence-corrected chi connectivity index (χ4v) is 2.56. The van der Waals surface area contributed by atoms with Gasteiger partial charge in [0.15, 0.2) is 0 Å². The third-order valence-electron chi connectivity index (χ3n) is 3.72. The van der Waals surface area contributed by atoms with Crippen LogP contribution in [-0.4, -0.2) is 38.1 Å². The van der Waals surface area contributed by atoms with Gasteiger partial charge in [0.1, 0.15) is 0 Å². The summed E-state index contributed by atoms with van der Waals surface area (Å²) in [5, 5.41) is 3.43. The van der Waals surface area contributed by atoms with Crippen molar-refractivity contribution in [3.63, 3.8) is 0 Å². The van der Waals surface area contributed by atoms with E-state index in [9.17, 15) is 0 Å². The minimum absolute atomic E-state index is 0. The predicted molar refractivity (Wildman–Crippen MR) is 99.0 cm³/mol. The standard InChI is InChI=1S/C11H19N.C6H13N.C2H6.H2/c1-3-7-12-9-11-6-4-5-10(2)8-11;1-7-5-3-2-4-6-7;1-2;/h5,8,12H,3-4,6-7,9H2,1-2H3;2-6H2,1H3;1-2H3;1H. The van der Waals surface area contributed by atoms with Gasteiger partial charge in [-0.1, -0.05) is 50.5 Å². The molecule has 0 unspecified atom stereocenters. The largest absolute Gasteiger partial charge is 0.313 e. The maximum Gasteiger partial charge on any atom is 0.0167 e. The highest BCUT2D eigenvalue weighted by Crippen LogP contribution is 2.15. The van der Waals surface area contributed by atoms with Crippen LogP contribution in [0.15, 0.2) is 23.3 Å². The van der Waals surface area contributed by atoms with Crippen molar-refractivity contribution in [2.75, 3.05) is 33.2 Å². The molecule has 1 fully saturated rings. The van der Waals surface area contributed by atoms with E-state index in [1.54, 1.807) is 5.57 Å². The summed E-state index contributed by atoms with van der Waals surface area (Å²) in [6.45, 7) is 13.2. The summed E-state index contributed by atoms with van der Waals surface area (Å²) in [5.74, 6) is 0. The smallest absolute Gasteiger partial charge is 0.0167 e. The molecule has 0 bridgehead atoms. The van der Waals surface area contributed by atoms with E-state index in [1.807, 2.05) is 13.8 Å². The highest BCUT2D eigenvalue weighted by molar-refractivity contribution is 5.26. The maximum absolute atomic E-state index is 3.43. The number of rotatable bonds is 4. The Morgan fingerprint density at radius 2 is 1.86 bits per heavy atom. The van der Waals surface area contributed by atoms with Crippen molar-refractivity contribution in [1.82, 2.24) is 10.2 Å². The summed E-state index contributed by atoms with van der Waals surface area (Å²) in [6, 6.07) is 0. The number of hydrogen-bond donors (Lipinski definition) is 1. The number of nitrogens with one attached hydrogen (secondary N) is 1. The lowest BCUT2D eigenvalue weighted by molar-refractivity contribution is 0.277. The Bertz CT molecular complexity index is 292. The first-order valence-electron chi connectivity index (χ1n) is 8.98. The van der Waals surface area contributed by atoms with Gasteiger partial charge in [-0.25, -0.2) is 0 Å². The second kappa shape index (κ2) is 14.3. The molecular weight excluding hydrogens is 256 g/mol. The van der Waals surface area contributed by atoms with Crippen molar-refractivity contribution >= 4 is 0 Å². The fraction of sp³-hybridized carbons (Fsp3) is 0.789. The van der Waals surface area contributed by atoms with E-state index < -0.39 is 0 Å². The van der Waals surface area contributed by atoms with Gasteiger partial charge in [-0.2, -0.15) is 0 Å². The summed E-state index contributed by atoms with van der Waals surface area (Å²) in [5.41, 5.74) is 2.98. The van der Waals surface area contributed by atoms with Crippen LogP contribution in [0.1, 0.15) is 67.6 Å². The van der Waals surface area contributed by atoms with Gasteiger partial charge in [-0.05, 0) is 65.7 Å². The van der Waals surface area contributed by atoms with E-state index in [4.69, 9.17) is 0 Å². The highest BCUT2D eigenvalue weighted by Gasteiger charge is 2.02. The lowest BCUT2D eigenvalue weighted by Gasteiger charge is -2.20. The summed E-state index contributed by atoms with van der Waals surface area (Å²) < 4.78 is 0. The van der Waals surface area contributed by atoms with Gasteiger partial charge in [0, 0.05) is 7.97 Å². The van der Waals surface area contributed by atoms with E-state index in [0.717, 1.165) is 13.1 Å². The van der Waals surface area contributed by atoms with Crippen molar-refractivity contribution in [2.45, 2.75) is 66.2 Å². The monoisotopic (exact) mass is 296 g/mol. The van der Waals surface area contributed by atoms with Crippen LogP contribution in [-0.2, 0) is 0 Å². The number of nitrogens with zero attached hydrogens (tertiary/aromatic N) is 1. The molecule has 126 valence electrons. The van der Waals surface area contributed by atoms with Gasteiger partial charge in [0.25, 0.3) is 0 Å². The maximum atomic E-state index is 3.43. The summed E-state index contributed by atoms with van der Waals surface area (Å²) in [6.07, 6.45) is 12.6. The van der Waals surface area contributed by atoms with Crippen LogP contribution in [0.2, 0.25) is 0 Å². The second-order valence-electron chi connectivity index (χ2n) is 5.83. The molecule has 1 aliphatic carbocycles. The molecule has 2 heteroatoms. The molecule has 2 aliphatic rings. The van der Waals surface area contributed by atoms with Crippen LogP contribution in [0.3, 0.4) is 0 Å². The number of allylic oxidation sites excluding steroid dienone is 3. The third kappa shape index (κ3) is 11.7. The first-order valence-corrected chi connectivity index (χ1v) is 8.98. The molecule has 2 rings (SSSR count). The summed E-state index contributed by atoms with van der Waals surface area (Å²) in [4.78, 5) is 2.39. The van der Waals surface area contributed by atoms with Crippen molar-refractivity contribution in [2.24, 2.45) is 0 Å². The minimum atomic E-state index is 0. The predicted octanol–water partition coefficient (Wildman–Crippen LogP) is 5.03. The van der Waals surface area contributed by atoms with Gasteiger partial charge in [-0.15, -0.1) is 0 Å². The van der Waals surface area contributed by atoms with Crippen molar-refractivity contribution in [3.05, 3.63) is 23.3 Å². The molecule has 0 amide bonds. The average Bonchev–Trinajstić information content (AvgIpc) is 2.51. The van der Waals surface area contributed by atoms with Gasteiger partial charge in [-0.3, -0.25) is 0 Å².